The van der Waals surface area contributed by atoms with Gasteiger partial charge in [-0.05, 0) is 26.8 Å². The Labute approximate surface area is 169 Å². The third-order valence-corrected chi connectivity index (χ3v) is 6.24. The van der Waals surface area contributed by atoms with Crippen molar-refractivity contribution in [2.45, 2.75) is 25.7 Å². The number of benzene rings is 1. The molecule has 1 aromatic heterocycles. The maximum Gasteiger partial charge on any atom is 0.355 e. The fourth-order valence-corrected chi connectivity index (χ4v) is 4.79. The monoisotopic (exact) mass is 430 g/mol. The molecule has 2 rings (SSSR count). The second kappa shape index (κ2) is 8.32. The molecule has 8 nitrogen and oxygen atoms in total. The number of nitrogens with zero attached hydrogens (tertiary/aromatic N) is 1. The Hall–Kier alpha value is -2.39. The van der Waals surface area contributed by atoms with Crippen molar-refractivity contribution >= 4 is 33.3 Å². The van der Waals surface area contributed by atoms with Crippen LogP contribution in [0, 0.1) is 13.8 Å². The average Bonchev–Trinajstić information content (AvgIpc) is 2.84. The van der Waals surface area contributed by atoms with E-state index in [0.717, 1.165) is 0 Å². The summed E-state index contributed by atoms with van der Waals surface area (Å²) in [6.07, 6.45) is 0. The van der Waals surface area contributed by atoms with Crippen molar-refractivity contribution in [3.05, 3.63) is 34.1 Å². The number of halogens is 1. The van der Waals surface area contributed by atoms with Crippen LogP contribution in [-0.4, -0.2) is 39.8 Å². The summed E-state index contributed by atoms with van der Waals surface area (Å²) in [5.74, 6) is -0.00284. The minimum Gasteiger partial charge on any atom is -0.495 e. The lowest BCUT2D eigenvalue weighted by Gasteiger charge is -2.14. The molecule has 0 amide bonds. The first kappa shape index (κ1) is 21.9. The Morgan fingerprint density at radius 3 is 2.32 bits per heavy atom. The Balaban J connectivity index is 2.57. The van der Waals surface area contributed by atoms with Gasteiger partial charge in [0.1, 0.15) is 22.1 Å². The van der Waals surface area contributed by atoms with Gasteiger partial charge in [0.15, 0.2) is 0 Å². The van der Waals surface area contributed by atoms with Crippen molar-refractivity contribution in [2.24, 2.45) is 7.05 Å². The first-order chi connectivity index (χ1) is 13.1. The molecule has 0 saturated heterocycles. The molecule has 0 spiro atoms. The molecule has 0 saturated carbocycles. The van der Waals surface area contributed by atoms with E-state index < -0.39 is 16.0 Å². The number of hydrogen-bond acceptors (Lipinski definition) is 6. The van der Waals surface area contributed by atoms with Gasteiger partial charge < -0.3 is 18.8 Å². The predicted molar refractivity (Wildman–Crippen MR) is 106 cm³/mol. The van der Waals surface area contributed by atoms with Gasteiger partial charge in [-0.15, -0.1) is 0 Å². The molecule has 0 aliphatic rings. The number of aromatic nitrogens is 1. The van der Waals surface area contributed by atoms with Gasteiger partial charge in [0.05, 0.1) is 31.5 Å². The predicted octanol–water partition coefficient (Wildman–Crippen LogP) is 3.29. The first-order valence-corrected chi connectivity index (χ1v) is 10.2. The third kappa shape index (κ3) is 3.90. The minimum absolute atomic E-state index is 0.00736. The van der Waals surface area contributed by atoms with E-state index in [0.29, 0.717) is 17.0 Å². The van der Waals surface area contributed by atoms with Crippen LogP contribution in [0.2, 0.25) is 5.02 Å². The summed E-state index contributed by atoms with van der Waals surface area (Å²) in [4.78, 5) is 12.2. The van der Waals surface area contributed by atoms with Gasteiger partial charge in [0, 0.05) is 24.4 Å². The zero-order valence-electron chi connectivity index (χ0n) is 16.5. The van der Waals surface area contributed by atoms with E-state index in [4.69, 9.17) is 25.8 Å². The number of carbonyl (C=O) groups is 1. The molecule has 1 N–H and O–H groups in total. The summed E-state index contributed by atoms with van der Waals surface area (Å²) in [5, 5.41) is 0.217. The van der Waals surface area contributed by atoms with Gasteiger partial charge in [-0.1, -0.05) is 11.6 Å². The number of carbonyl (C=O) groups excluding carboxylic acids is 1. The summed E-state index contributed by atoms with van der Waals surface area (Å²) < 4.78 is 45.6. The van der Waals surface area contributed by atoms with Crippen molar-refractivity contribution < 1.29 is 27.4 Å². The van der Waals surface area contributed by atoms with E-state index >= 15 is 0 Å². The molecule has 2 aromatic rings. The summed E-state index contributed by atoms with van der Waals surface area (Å²) in [7, 11) is 0.401. The number of ether oxygens (including phenoxy) is 3. The molecule has 1 heterocycles. The fourth-order valence-electron chi connectivity index (χ4n) is 2.97. The van der Waals surface area contributed by atoms with E-state index in [1.807, 2.05) is 0 Å². The number of esters is 1. The summed E-state index contributed by atoms with van der Waals surface area (Å²) in [6, 6.07) is 2.88. The highest BCUT2D eigenvalue weighted by Crippen LogP contribution is 2.38. The lowest BCUT2D eigenvalue weighted by molar-refractivity contribution is 0.0514. The normalized spacial score (nSPS) is 11.2. The van der Waals surface area contributed by atoms with Gasteiger partial charge in [0.2, 0.25) is 0 Å². The van der Waals surface area contributed by atoms with Crippen LogP contribution in [-0.2, 0) is 21.8 Å². The number of methoxy groups -OCH3 is 2. The van der Waals surface area contributed by atoms with Gasteiger partial charge in [-0.2, -0.15) is 0 Å². The van der Waals surface area contributed by atoms with E-state index in [2.05, 4.69) is 4.72 Å². The molecule has 154 valence electrons. The Morgan fingerprint density at radius 1 is 1.18 bits per heavy atom. The van der Waals surface area contributed by atoms with Crippen LogP contribution < -0.4 is 14.2 Å². The zero-order chi connectivity index (χ0) is 21.2. The molecule has 0 bridgehead atoms. The van der Waals surface area contributed by atoms with Crippen LogP contribution in [0.4, 0.5) is 5.69 Å². The van der Waals surface area contributed by atoms with E-state index in [9.17, 15) is 13.2 Å². The van der Waals surface area contributed by atoms with E-state index in [1.54, 1.807) is 27.8 Å². The van der Waals surface area contributed by atoms with Gasteiger partial charge >= 0.3 is 5.97 Å². The number of anilines is 1. The molecule has 0 fully saturated rings. The smallest absolute Gasteiger partial charge is 0.355 e. The summed E-state index contributed by atoms with van der Waals surface area (Å²) in [5.41, 5.74) is 1.02. The maximum absolute atomic E-state index is 13.1. The third-order valence-electron chi connectivity index (χ3n) is 4.32. The zero-order valence-corrected chi connectivity index (χ0v) is 18.1. The number of hydrogen-bond donors (Lipinski definition) is 1. The number of nitrogens with one attached hydrogen (secondary N) is 1. The maximum atomic E-state index is 13.1. The molecule has 1 aromatic carbocycles. The molecular formula is C18H23ClN2O6S. The van der Waals surface area contributed by atoms with Crippen molar-refractivity contribution in [3.8, 4) is 11.5 Å². The van der Waals surface area contributed by atoms with Crippen LogP contribution in [0.3, 0.4) is 0 Å². The van der Waals surface area contributed by atoms with Gasteiger partial charge in [0.25, 0.3) is 10.0 Å². The molecular weight excluding hydrogens is 408 g/mol. The van der Waals surface area contributed by atoms with Crippen molar-refractivity contribution in [1.29, 1.82) is 0 Å². The quantitative estimate of drug-likeness (QED) is 0.677. The van der Waals surface area contributed by atoms with Crippen LogP contribution in [0.1, 0.15) is 28.7 Å². The van der Waals surface area contributed by atoms with Gasteiger partial charge in [-0.25, -0.2) is 13.2 Å². The molecule has 0 radical (unpaired) electrons. The van der Waals surface area contributed by atoms with Crippen LogP contribution in [0.15, 0.2) is 17.0 Å². The van der Waals surface area contributed by atoms with Crippen molar-refractivity contribution in [1.82, 2.24) is 4.57 Å². The Morgan fingerprint density at radius 2 is 1.79 bits per heavy atom. The molecule has 0 atom stereocenters. The SMILES string of the molecule is CCOC(=O)c1c(C)c(S(=O)(=O)Nc2cc(Cl)c(OC)cc2OC)c(C)n1C. The highest BCUT2D eigenvalue weighted by molar-refractivity contribution is 7.92. The van der Waals surface area contributed by atoms with Crippen molar-refractivity contribution in [3.63, 3.8) is 0 Å². The highest BCUT2D eigenvalue weighted by atomic mass is 35.5. The topological polar surface area (TPSA) is 95.9 Å². The summed E-state index contributed by atoms with van der Waals surface area (Å²) in [6.45, 7) is 5.04. The van der Waals surface area contributed by atoms with E-state index in [1.165, 1.54) is 30.9 Å². The Kier molecular flexibility index (Phi) is 6.51. The standard InChI is InChI=1S/C18H23ClN2O6S/c1-7-27-18(22)16-10(2)17(11(3)21(16)4)28(23,24)20-13-8-12(19)14(25-5)9-15(13)26-6/h8-9,20H,7H2,1-6H3. The van der Waals surface area contributed by atoms with Crippen LogP contribution >= 0.6 is 11.6 Å². The fraction of sp³-hybridized carbons (Fsp3) is 0.389. The molecule has 0 aliphatic carbocycles. The van der Waals surface area contributed by atoms with E-state index in [-0.39, 0.29) is 33.7 Å². The second-order valence-corrected chi connectivity index (χ2v) is 7.99. The van der Waals surface area contributed by atoms with Gasteiger partial charge in [-0.3, -0.25) is 4.72 Å². The lowest BCUT2D eigenvalue weighted by Crippen LogP contribution is -2.15. The molecule has 10 heteroatoms. The number of sulfonamides is 1. The minimum atomic E-state index is -4.05. The van der Waals surface area contributed by atoms with Crippen LogP contribution in [0.25, 0.3) is 0 Å². The average molecular weight is 431 g/mol. The molecule has 0 aliphatic heterocycles. The number of rotatable bonds is 7. The van der Waals surface area contributed by atoms with Crippen molar-refractivity contribution in [2.75, 3.05) is 25.5 Å². The second-order valence-electron chi connectivity index (χ2n) is 5.96. The molecule has 0 unspecified atom stereocenters. The van der Waals surface area contributed by atoms with Crippen LogP contribution in [0.5, 0.6) is 11.5 Å². The lowest BCUT2D eigenvalue weighted by atomic mass is 10.2. The Bertz CT molecular complexity index is 1010. The first-order valence-electron chi connectivity index (χ1n) is 8.36. The highest BCUT2D eigenvalue weighted by Gasteiger charge is 2.30. The molecule has 28 heavy (non-hydrogen) atoms. The summed E-state index contributed by atoms with van der Waals surface area (Å²) >= 11 is 6.12. The largest absolute Gasteiger partial charge is 0.495 e.